The highest BCUT2D eigenvalue weighted by atomic mass is 33.1. The van der Waals surface area contributed by atoms with Gasteiger partial charge in [-0.25, -0.2) is 19.2 Å². The van der Waals surface area contributed by atoms with Gasteiger partial charge in [0.1, 0.15) is 45.1 Å². The molecule has 2 aromatic carbocycles. The number of carboxylic acid groups (broad SMARTS) is 1. The molecular formula is C103H175N3O23S6. The van der Waals surface area contributed by atoms with E-state index in [4.69, 9.17) is 49.8 Å². The number of phenols is 3. The molecule has 32 heteroatoms. The lowest BCUT2D eigenvalue weighted by Crippen LogP contribution is -2.40. The molecular weight excluding hydrogens is 1840 g/mol. The van der Waals surface area contributed by atoms with Crippen LogP contribution in [0.25, 0.3) is 11.0 Å². The molecule has 0 spiro atoms. The molecule has 4 atom stereocenters. The molecule has 0 bridgehead atoms. The van der Waals surface area contributed by atoms with E-state index >= 15 is 0 Å². The van der Waals surface area contributed by atoms with Crippen LogP contribution in [-0.2, 0) is 82.8 Å². The van der Waals surface area contributed by atoms with Crippen molar-refractivity contribution in [3.05, 3.63) is 100 Å². The van der Waals surface area contributed by atoms with Crippen molar-refractivity contribution < 1.29 is 106 Å². The molecule has 0 unspecified atom stereocenters. The summed E-state index contributed by atoms with van der Waals surface area (Å²) >= 11 is 8.13. The summed E-state index contributed by atoms with van der Waals surface area (Å²) in [4.78, 5) is 133. The number of nitrogens with two attached hydrogens (primary N) is 2. The molecule has 2 fully saturated rings. The van der Waals surface area contributed by atoms with Crippen molar-refractivity contribution in [1.82, 2.24) is 5.32 Å². The molecule has 5 rings (SSSR count). The van der Waals surface area contributed by atoms with Crippen LogP contribution >= 0.6 is 68.4 Å². The number of amides is 1. The Balaban J connectivity index is -0.000000466. The van der Waals surface area contributed by atoms with Crippen LogP contribution in [0.2, 0.25) is 0 Å². The number of unbranched alkanes of at least 4 members (excludes halogenated alkanes) is 3. The van der Waals surface area contributed by atoms with Crippen LogP contribution in [0.4, 0.5) is 0 Å². The fourth-order valence-electron chi connectivity index (χ4n) is 10.4. The van der Waals surface area contributed by atoms with E-state index in [1.165, 1.54) is 82.6 Å². The molecule has 3 heterocycles. The van der Waals surface area contributed by atoms with Crippen LogP contribution in [0.15, 0.2) is 88.1 Å². The predicted molar refractivity (Wildman–Crippen MR) is 565 cm³/mol. The number of ketones is 4. The lowest BCUT2D eigenvalue weighted by molar-refractivity contribution is -0.156. The Labute approximate surface area is 837 Å². The lowest BCUT2D eigenvalue weighted by Gasteiger charge is -2.28. The number of ether oxygens (including phenoxy) is 6. The van der Waals surface area contributed by atoms with Crippen LogP contribution in [0.5, 0.6) is 17.2 Å². The van der Waals surface area contributed by atoms with Crippen molar-refractivity contribution in [2.24, 2.45) is 44.0 Å². The van der Waals surface area contributed by atoms with E-state index in [1.807, 2.05) is 168 Å². The second-order valence-corrected chi connectivity index (χ2v) is 49.2. The minimum atomic E-state index is -1.17. The van der Waals surface area contributed by atoms with Gasteiger partial charge in [-0.3, -0.25) is 33.6 Å². The Kier molecular flexibility index (Phi) is 69.2. The molecule has 135 heavy (non-hydrogen) atoms. The first-order valence-corrected chi connectivity index (χ1v) is 52.1. The number of fused-ring (bicyclic) bond motifs is 1. The zero-order valence-corrected chi connectivity index (χ0v) is 93.1. The van der Waals surface area contributed by atoms with Gasteiger partial charge in [-0.15, -0.1) is 0 Å². The Morgan fingerprint density at radius 3 is 1.41 bits per heavy atom. The third-order valence-corrected chi connectivity index (χ3v) is 24.3. The number of rotatable bonds is 31. The average molecular weight is 2020 g/mol. The van der Waals surface area contributed by atoms with Gasteiger partial charge in [0, 0.05) is 113 Å². The number of carbonyl (C=O) groups is 11. The van der Waals surface area contributed by atoms with Gasteiger partial charge in [-0.2, -0.15) is 25.3 Å². The van der Waals surface area contributed by atoms with Gasteiger partial charge in [0.05, 0.1) is 38.0 Å². The van der Waals surface area contributed by atoms with E-state index in [1.54, 1.807) is 72.7 Å². The summed E-state index contributed by atoms with van der Waals surface area (Å²) in [6.45, 7) is 66.7. The minimum absolute atomic E-state index is 0.00977. The molecule has 26 nitrogen and oxygen atoms in total. The first-order chi connectivity index (χ1) is 61.4. The Hall–Kier alpha value is -6.78. The van der Waals surface area contributed by atoms with Gasteiger partial charge in [0.2, 0.25) is 11.7 Å². The van der Waals surface area contributed by atoms with Crippen LogP contribution < -0.4 is 22.2 Å². The number of carboxylic acids is 1. The second-order valence-electron chi connectivity index (χ2n) is 42.9. The maximum Gasteiger partial charge on any atom is 0.331 e. The summed E-state index contributed by atoms with van der Waals surface area (Å²) in [5.74, 6) is 0.716. The number of aromatic hydroxyl groups is 3. The maximum absolute atomic E-state index is 12.1. The molecule has 3 aromatic rings. The first-order valence-electron chi connectivity index (χ1n) is 46.1. The molecule has 1 aromatic heterocycles. The van der Waals surface area contributed by atoms with E-state index in [9.17, 15) is 67.7 Å². The van der Waals surface area contributed by atoms with Gasteiger partial charge < -0.3 is 74.8 Å². The number of hydrogen-bond acceptors (Lipinski definition) is 30. The smallest absolute Gasteiger partial charge is 0.331 e. The SMILES string of the molecule is C=C([C@H](CS)NC(C)=O)C(C)(C)C.CC(=O)CCCCC(C)(C)C.CC(C)(C)C(=O)CCCC[C@@H]1CCSS1.CC(C)(C)C(=O)[C@@H](N)CS.CC(C)(C)C(=O)c1cc(=O)c2c(O)cccc2o1.CC(C)(C)OC(=O)/C=C/C(=O)O.CC(C)(C)OC(=O)CCCC[C@@H]1CCSS1.CC(C)(C)OC(=O)CCCN.CC(C)(C)OCCc1ccc(O)c(O)c1.COC(=O)/C=C/C(=O)OCC(C)(C)C. The number of aliphatic carboxylic acids is 1. The zero-order chi connectivity index (χ0) is 106. The van der Waals surface area contributed by atoms with Gasteiger partial charge in [0.15, 0.2) is 28.5 Å². The number of methoxy groups -OCH3 is 1. The fraction of sp³-hybridized carbons (Fsp3) is 0.689. The number of nitrogens with one attached hydrogen (secondary N) is 1. The summed E-state index contributed by atoms with van der Waals surface area (Å²) in [7, 11) is 9.27. The fourth-order valence-corrected chi connectivity index (χ4v) is 16.9. The van der Waals surface area contributed by atoms with Gasteiger partial charge in [-0.1, -0.05) is 206 Å². The molecule has 9 N–H and O–H groups in total. The zero-order valence-electron chi connectivity index (χ0n) is 88.1. The molecule has 0 aliphatic carbocycles. The largest absolute Gasteiger partial charge is 0.507 e. The molecule has 2 saturated heterocycles. The Bertz CT molecular complexity index is 4130. The number of esters is 5. The van der Waals surface area contributed by atoms with Crippen molar-refractivity contribution in [2.75, 3.05) is 49.9 Å². The van der Waals surface area contributed by atoms with Crippen LogP contribution in [-0.4, -0.2) is 180 Å². The lowest BCUT2D eigenvalue weighted by atomic mass is 9.83. The minimum Gasteiger partial charge on any atom is -0.507 e. The highest BCUT2D eigenvalue weighted by Gasteiger charge is 2.30. The third-order valence-electron chi connectivity index (χ3n) is 17.6. The summed E-state index contributed by atoms with van der Waals surface area (Å²) in [5, 5.41) is 40.8. The highest BCUT2D eigenvalue weighted by molar-refractivity contribution is 8.77. The van der Waals surface area contributed by atoms with E-state index in [0.717, 1.165) is 97.0 Å². The number of phenolic OH excluding ortho intramolecular Hbond substituents is 3. The number of carbonyl (C=O) groups excluding carboxylic acids is 10. The Morgan fingerprint density at radius 2 is 1.03 bits per heavy atom. The predicted octanol–water partition coefficient (Wildman–Crippen LogP) is 22.9. The van der Waals surface area contributed by atoms with Crippen molar-refractivity contribution in [2.45, 2.75) is 376 Å². The standard InChI is InChI=1S/C14H14O4.C12H18O3.C12H22O2S2.C12H22OS2.C10H19NOS.C10H16O4.C10H20O.C8H17NO2.C8H12O4.C7H15NOS/c1-14(2,3)13(17)11-7-9(16)12-8(15)5-4-6-10(12)18-11;1-12(2,3)15-7-6-9-4-5-10(13)11(14)8-9;1-12(2,3)14-11(13)7-5-4-6-10-8-9-15-16-10;1-12(2,3)11(13)7-5-4-6-10-8-9-14-15-10;1-7(10(3,4)5)9(6-13)11-8(2)12;1-10(2,3)7-14-9(12)6-5-8(11)13-4;1-9(11)7-5-6-8-10(2,3)4;1-8(2,3)11-7(10)5-4-6-9;1-8(2,3)12-7(11)5-4-6(9)10;1-7(2,3)6(9)5(8)4-10/h4-7,15H,1-3H3;4-5,8,13-14H,6-7H2,1-3H3;10H,4-9H2,1-3H3;10H,4-9H2,1-3H3;9,13H,1,6H2,2-5H3,(H,11,12);5-6H,7H2,1-4H3;5-8H2,1-4H3;4-6,9H2,1-3H3;4-5H,1-3H3,(H,9,10);5,10H,4,8H2,1-3H3/b;;;;;6-5+;;;5-4+;/t;;2*10-;9-;;;;;5-/m..110....0/s1. The van der Waals surface area contributed by atoms with Crippen molar-refractivity contribution >= 4 is 144 Å². The monoisotopic (exact) mass is 2010 g/mol. The highest BCUT2D eigenvalue weighted by Crippen LogP contribution is 2.41. The summed E-state index contributed by atoms with van der Waals surface area (Å²) in [6.07, 6.45) is 20.8. The summed E-state index contributed by atoms with van der Waals surface area (Å²) in [6, 6.07) is 10.0. The van der Waals surface area contributed by atoms with E-state index in [2.05, 4.69) is 83.4 Å². The Morgan fingerprint density at radius 1 is 0.548 bits per heavy atom. The first kappa shape index (κ1) is 137. The number of hydrogen-bond donors (Lipinski definition) is 9. The second kappa shape index (κ2) is 68.3. The average Bonchev–Trinajstić information content (AvgIpc) is 1.41. The van der Waals surface area contributed by atoms with Gasteiger partial charge in [-0.05, 0) is 212 Å². The van der Waals surface area contributed by atoms with E-state index in [-0.39, 0.29) is 108 Å². The normalized spacial score (nSPS) is 14.3. The molecule has 2 aliphatic rings. The van der Waals surface area contributed by atoms with Crippen molar-refractivity contribution in [3.63, 3.8) is 0 Å². The van der Waals surface area contributed by atoms with Crippen LogP contribution in [0.3, 0.4) is 0 Å². The van der Waals surface area contributed by atoms with E-state index < -0.39 is 46.4 Å². The van der Waals surface area contributed by atoms with Crippen LogP contribution in [0, 0.1) is 32.5 Å². The van der Waals surface area contributed by atoms with Gasteiger partial charge in [0.25, 0.3) is 0 Å². The number of thiol groups is 2. The summed E-state index contributed by atoms with van der Waals surface area (Å²) < 4.78 is 35.2. The number of Topliss-reactive ketones (excluding diaryl/α,β-unsaturated/α-hetero) is 4. The maximum atomic E-state index is 12.1. The third kappa shape index (κ3) is 81.7. The molecule has 2 aliphatic heterocycles. The molecule has 0 saturated carbocycles. The molecule has 0 radical (unpaired) electrons. The van der Waals surface area contributed by atoms with Crippen molar-refractivity contribution in [1.29, 1.82) is 0 Å². The van der Waals surface area contributed by atoms with E-state index in [0.29, 0.717) is 67.5 Å². The quantitative estimate of drug-likeness (QED) is 0.00332. The molecule has 1 amide bonds. The molecule has 776 valence electrons. The topological polar surface area (TPSA) is 418 Å². The summed E-state index contributed by atoms with van der Waals surface area (Å²) in [5.41, 5.74) is 10.3. The van der Waals surface area contributed by atoms with Crippen LogP contribution in [0.1, 0.15) is 340 Å². The number of benzene rings is 2. The van der Waals surface area contributed by atoms with Gasteiger partial charge >= 0.3 is 35.8 Å². The van der Waals surface area contributed by atoms with Crippen molar-refractivity contribution in [3.8, 4) is 17.2 Å².